The van der Waals surface area contributed by atoms with Gasteiger partial charge in [-0.15, -0.1) is 24.0 Å². The third kappa shape index (κ3) is 3.88. The number of amidine groups is 1. The van der Waals surface area contributed by atoms with E-state index in [1.54, 1.807) is 0 Å². The zero-order valence-electron chi connectivity index (χ0n) is 8.57. The minimum absolute atomic E-state index is 0. The van der Waals surface area contributed by atoms with Gasteiger partial charge >= 0.3 is 0 Å². The van der Waals surface area contributed by atoms with Crippen LogP contribution in [-0.4, -0.2) is 11.4 Å². The Morgan fingerprint density at radius 1 is 1.36 bits per heavy atom. The van der Waals surface area contributed by atoms with Gasteiger partial charge in [-0.25, -0.2) is 4.99 Å². The third-order valence-corrected chi connectivity index (χ3v) is 2.30. The fraction of sp³-hybridized carbons (Fsp3) is 0.300. The van der Waals surface area contributed by atoms with E-state index in [0.717, 1.165) is 11.3 Å². The first kappa shape index (κ1) is 13.8. The zero-order chi connectivity index (χ0) is 9.84. The average molecular weight is 322 g/mol. The summed E-state index contributed by atoms with van der Waals surface area (Å²) in [6, 6.07) is 6.14. The fourth-order valence-corrected chi connectivity index (χ4v) is 1.28. The number of hydrogen-bond acceptors (Lipinski definition) is 2. The second kappa shape index (κ2) is 6.29. The van der Waals surface area contributed by atoms with Crippen molar-refractivity contribution in [1.82, 2.24) is 0 Å². The molecule has 0 amide bonds. The van der Waals surface area contributed by atoms with Gasteiger partial charge in [-0.2, -0.15) is 0 Å². The first-order valence-electron chi connectivity index (χ1n) is 4.09. The van der Waals surface area contributed by atoms with Gasteiger partial charge < -0.3 is 5.73 Å². The summed E-state index contributed by atoms with van der Waals surface area (Å²) in [6.45, 7) is 4.11. The molecule has 0 saturated carbocycles. The van der Waals surface area contributed by atoms with Gasteiger partial charge in [0.25, 0.3) is 0 Å². The van der Waals surface area contributed by atoms with E-state index in [1.807, 2.05) is 25.3 Å². The highest BCUT2D eigenvalue weighted by Gasteiger charge is 1.96. The highest BCUT2D eigenvalue weighted by atomic mass is 127. The molecular weight excluding hydrogens is 307 g/mol. The Morgan fingerprint density at radius 2 is 2.00 bits per heavy atom. The van der Waals surface area contributed by atoms with Crippen molar-refractivity contribution in [2.24, 2.45) is 10.7 Å². The minimum atomic E-state index is 0. The molecule has 1 aromatic rings. The zero-order valence-corrected chi connectivity index (χ0v) is 11.7. The van der Waals surface area contributed by atoms with Gasteiger partial charge in [0, 0.05) is 0 Å². The van der Waals surface area contributed by atoms with Crippen LogP contribution in [-0.2, 0) is 0 Å². The summed E-state index contributed by atoms with van der Waals surface area (Å²) in [7, 11) is 0. The SMILES string of the molecule is CSC(N)=Nc1ccc(C)cc1C.I. The van der Waals surface area contributed by atoms with Crippen molar-refractivity contribution in [1.29, 1.82) is 0 Å². The third-order valence-electron chi connectivity index (χ3n) is 1.79. The van der Waals surface area contributed by atoms with Gasteiger partial charge in [-0.1, -0.05) is 29.5 Å². The Hall–Kier alpha value is -0.230. The second-order valence-corrected chi connectivity index (χ2v) is 3.77. The lowest BCUT2D eigenvalue weighted by atomic mass is 10.1. The van der Waals surface area contributed by atoms with Crippen LogP contribution in [0.1, 0.15) is 11.1 Å². The number of thioether (sulfide) groups is 1. The van der Waals surface area contributed by atoms with Crippen LogP contribution < -0.4 is 5.73 Å². The maximum atomic E-state index is 5.62. The van der Waals surface area contributed by atoms with Gasteiger partial charge in [-0.05, 0) is 31.7 Å². The maximum absolute atomic E-state index is 5.62. The molecule has 0 aliphatic rings. The molecule has 0 heterocycles. The molecule has 0 bridgehead atoms. The fourth-order valence-electron chi connectivity index (χ4n) is 1.10. The van der Waals surface area contributed by atoms with Crippen molar-refractivity contribution in [3.05, 3.63) is 29.3 Å². The Morgan fingerprint density at radius 3 is 2.50 bits per heavy atom. The summed E-state index contributed by atoms with van der Waals surface area (Å²) in [4.78, 5) is 4.28. The molecule has 1 aromatic carbocycles. The normalized spacial score (nSPS) is 10.9. The summed E-state index contributed by atoms with van der Waals surface area (Å²) in [5, 5.41) is 0.604. The average Bonchev–Trinajstić information content (AvgIpc) is 2.09. The van der Waals surface area contributed by atoms with Crippen LogP contribution in [0.4, 0.5) is 5.69 Å². The largest absolute Gasteiger partial charge is 0.378 e. The van der Waals surface area contributed by atoms with Gasteiger partial charge in [-0.3, -0.25) is 0 Å². The second-order valence-electron chi connectivity index (χ2n) is 2.94. The molecule has 0 aromatic heterocycles. The highest BCUT2D eigenvalue weighted by molar-refractivity contribution is 14.0. The maximum Gasteiger partial charge on any atom is 0.158 e. The van der Waals surface area contributed by atoms with E-state index in [1.165, 1.54) is 17.3 Å². The van der Waals surface area contributed by atoms with Crippen LogP contribution in [0.25, 0.3) is 0 Å². The monoisotopic (exact) mass is 322 g/mol. The Labute approximate surface area is 106 Å². The highest BCUT2D eigenvalue weighted by Crippen LogP contribution is 2.20. The first-order chi connectivity index (χ1) is 6.13. The van der Waals surface area contributed by atoms with Crippen LogP contribution >= 0.6 is 35.7 Å². The molecule has 1 rings (SSSR count). The lowest BCUT2D eigenvalue weighted by Gasteiger charge is -2.02. The molecule has 0 aliphatic carbocycles. The lowest BCUT2D eigenvalue weighted by molar-refractivity contribution is 1.34. The van der Waals surface area contributed by atoms with Crippen LogP contribution in [0.15, 0.2) is 23.2 Å². The summed E-state index contributed by atoms with van der Waals surface area (Å²) in [5.41, 5.74) is 8.99. The number of benzene rings is 1. The number of halogens is 1. The van der Waals surface area contributed by atoms with Crippen LogP contribution in [0.2, 0.25) is 0 Å². The quantitative estimate of drug-likeness (QED) is 0.490. The van der Waals surface area contributed by atoms with Crippen molar-refractivity contribution in [3.63, 3.8) is 0 Å². The first-order valence-corrected chi connectivity index (χ1v) is 5.31. The number of nitrogens with zero attached hydrogens (tertiary/aromatic N) is 1. The number of nitrogens with two attached hydrogens (primary N) is 1. The number of aliphatic imine (C=N–C) groups is 1. The smallest absolute Gasteiger partial charge is 0.158 e. The Balaban J connectivity index is 0.00000169. The van der Waals surface area contributed by atoms with E-state index in [-0.39, 0.29) is 24.0 Å². The molecule has 14 heavy (non-hydrogen) atoms. The summed E-state index contributed by atoms with van der Waals surface area (Å²) in [6.07, 6.45) is 1.92. The van der Waals surface area contributed by atoms with Crippen molar-refractivity contribution in [2.45, 2.75) is 13.8 Å². The standard InChI is InChI=1S/C10H14N2S.HI/c1-7-4-5-9(8(2)6-7)12-10(11)13-3;/h4-6H,1-3H3,(H2,11,12);1H. The van der Waals surface area contributed by atoms with E-state index >= 15 is 0 Å². The summed E-state index contributed by atoms with van der Waals surface area (Å²) in [5.74, 6) is 0. The van der Waals surface area contributed by atoms with Gasteiger partial charge in [0.1, 0.15) is 0 Å². The van der Waals surface area contributed by atoms with E-state index in [4.69, 9.17) is 5.73 Å². The summed E-state index contributed by atoms with van der Waals surface area (Å²) >= 11 is 1.46. The van der Waals surface area contributed by atoms with Crippen LogP contribution in [0.5, 0.6) is 0 Å². The summed E-state index contributed by atoms with van der Waals surface area (Å²) < 4.78 is 0. The Kier molecular flexibility index (Phi) is 6.19. The topological polar surface area (TPSA) is 38.4 Å². The molecule has 0 aliphatic heterocycles. The van der Waals surface area contributed by atoms with Crippen molar-refractivity contribution >= 4 is 46.6 Å². The van der Waals surface area contributed by atoms with Gasteiger partial charge in [0.15, 0.2) is 5.17 Å². The molecule has 0 saturated heterocycles. The number of rotatable bonds is 1. The van der Waals surface area contributed by atoms with E-state index < -0.39 is 0 Å². The molecule has 0 unspecified atom stereocenters. The van der Waals surface area contributed by atoms with E-state index in [0.29, 0.717) is 5.17 Å². The molecule has 78 valence electrons. The van der Waals surface area contributed by atoms with E-state index in [2.05, 4.69) is 18.0 Å². The molecule has 0 fully saturated rings. The van der Waals surface area contributed by atoms with Crippen molar-refractivity contribution in [2.75, 3.05) is 6.26 Å². The molecule has 0 spiro atoms. The van der Waals surface area contributed by atoms with Crippen molar-refractivity contribution < 1.29 is 0 Å². The molecule has 0 radical (unpaired) electrons. The van der Waals surface area contributed by atoms with Crippen LogP contribution in [0.3, 0.4) is 0 Å². The predicted octanol–water partition coefficient (Wildman–Crippen LogP) is 3.23. The van der Waals surface area contributed by atoms with Gasteiger partial charge in [0.05, 0.1) is 5.69 Å². The molecule has 2 nitrogen and oxygen atoms in total. The number of aryl methyl sites for hydroxylation is 2. The van der Waals surface area contributed by atoms with Crippen molar-refractivity contribution in [3.8, 4) is 0 Å². The molecular formula is C10H15IN2S. The van der Waals surface area contributed by atoms with E-state index in [9.17, 15) is 0 Å². The Bertz CT molecular complexity index is 337. The lowest BCUT2D eigenvalue weighted by Crippen LogP contribution is -2.04. The molecule has 0 atom stereocenters. The van der Waals surface area contributed by atoms with Gasteiger partial charge in [0.2, 0.25) is 0 Å². The van der Waals surface area contributed by atoms with Crippen LogP contribution in [0, 0.1) is 13.8 Å². The number of hydrogen-bond donors (Lipinski definition) is 1. The molecule has 4 heteroatoms. The minimum Gasteiger partial charge on any atom is -0.378 e. The predicted molar refractivity (Wildman–Crippen MR) is 76.1 cm³/mol. The molecule has 2 N–H and O–H groups in total.